The summed E-state index contributed by atoms with van der Waals surface area (Å²) >= 11 is 0. The maximum atomic E-state index is 13.8. The minimum Gasteiger partial charge on any atom is -0.507 e. The van der Waals surface area contributed by atoms with Crippen LogP contribution in [0.1, 0.15) is 52.8 Å². The number of phenols is 1. The topological polar surface area (TPSA) is 100.0 Å². The summed E-state index contributed by atoms with van der Waals surface area (Å²) in [6.45, 7) is 3.11. The average Bonchev–Trinajstić information content (AvgIpc) is 3.58. The fraction of sp³-hybridized carbons (Fsp3) is 0.361. The molecule has 0 bridgehead atoms. The van der Waals surface area contributed by atoms with Crippen molar-refractivity contribution in [3.05, 3.63) is 99.4 Å². The lowest BCUT2D eigenvalue weighted by molar-refractivity contribution is -0.143. The summed E-state index contributed by atoms with van der Waals surface area (Å²) in [7, 11) is 0. The first kappa shape index (κ1) is 34.4. The maximum absolute atomic E-state index is 13.8. The van der Waals surface area contributed by atoms with Crippen LogP contribution in [0, 0.1) is 31.6 Å². The normalized spacial score (nSPS) is 23.0. The Kier molecular flexibility index (Phi) is 8.95. The van der Waals surface area contributed by atoms with E-state index in [1.807, 2.05) is 30.3 Å². The van der Waals surface area contributed by atoms with Gasteiger partial charge in [0, 0.05) is 12.1 Å². The Hall–Kier alpha value is -4.49. The molecule has 13 heteroatoms. The number of aliphatic hydroxyl groups excluding tert-OH is 1. The molecule has 0 spiro atoms. The van der Waals surface area contributed by atoms with Crippen molar-refractivity contribution < 1.29 is 50.9 Å². The zero-order valence-electron chi connectivity index (χ0n) is 26.4. The molecular weight excluding hydrogens is 654 g/mol. The molecule has 2 aromatic carbocycles. The van der Waals surface area contributed by atoms with Gasteiger partial charge < -0.3 is 14.9 Å². The van der Waals surface area contributed by atoms with Crippen molar-refractivity contribution in [2.24, 2.45) is 17.8 Å². The molecule has 0 saturated carbocycles. The van der Waals surface area contributed by atoms with E-state index in [9.17, 15) is 46.1 Å². The number of aryl methyl sites for hydroxylation is 2. The number of alkyl halides is 6. The molecule has 3 heterocycles. The number of imide groups is 1. The summed E-state index contributed by atoms with van der Waals surface area (Å²) in [4.78, 5) is 32.3. The van der Waals surface area contributed by atoms with Crippen molar-refractivity contribution in [2.45, 2.75) is 51.6 Å². The number of fused-ring (bicyclic) bond motifs is 3. The largest absolute Gasteiger partial charge is 0.507 e. The molecule has 2 fully saturated rings. The molecular formula is C36H32F6N2O5. The van der Waals surface area contributed by atoms with Gasteiger partial charge in [0.05, 0.1) is 53.7 Å². The zero-order valence-corrected chi connectivity index (χ0v) is 26.4. The lowest BCUT2D eigenvalue weighted by Crippen LogP contribution is -2.35. The third kappa shape index (κ3) is 6.49. The van der Waals surface area contributed by atoms with E-state index in [-0.39, 0.29) is 24.8 Å². The molecule has 3 aromatic rings. The molecule has 7 nitrogen and oxygen atoms in total. The molecule has 6 rings (SSSR count). The van der Waals surface area contributed by atoms with E-state index in [4.69, 9.17) is 4.74 Å². The van der Waals surface area contributed by atoms with Gasteiger partial charge in [-0.15, -0.1) is 0 Å². The fourth-order valence-electron chi connectivity index (χ4n) is 7.33. The van der Waals surface area contributed by atoms with Gasteiger partial charge in [-0.05, 0) is 115 Å². The van der Waals surface area contributed by atoms with Crippen LogP contribution in [0.3, 0.4) is 0 Å². The first-order valence-electron chi connectivity index (χ1n) is 15.6. The minimum absolute atomic E-state index is 0.0209. The number of carbonyl (C=O) groups excluding carboxylic acids is 2. The highest BCUT2D eigenvalue weighted by Crippen LogP contribution is 2.51. The van der Waals surface area contributed by atoms with E-state index in [0.717, 1.165) is 11.1 Å². The van der Waals surface area contributed by atoms with Crippen LogP contribution >= 0.6 is 0 Å². The molecule has 3 aliphatic rings. The Morgan fingerprint density at radius 2 is 1.61 bits per heavy atom. The molecule has 0 unspecified atom stereocenters. The second-order valence-corrected chi connectivity index (χ2v) is 12.7. The molecule has 2 N–H and O–H groups in total. The highest BCUT2D eigenvalue weighted by Gasteiger charge is 2.57. The lowest BCUT2D eigenvalue weighted by Gasteiger charge is -2.31. The summed E-state index contributed by atoms with van der Waals surface area (Å²) in [5, 5.41) is 20.6. The van der Waals surface area contributed by atoms with Gasteiger partial charge in [-0.25, -0.2) is 4.90 Å². The van der Waals surface area contributed by atoms with Crippen LogP contribution in [0.5, 0.6) is 5.75 Å². The Labute approximate surface area is 277 Å². The van der Waals surface area contributed by atoms with Crippen LogP contribution < -0.4 is 4.90 Å². The number of amides is 2. The molecule has 2 aliphatic heterocycles. The molecule has 2 saturated heterocycles. The molecule has 1 aromatic heterocycles. The van der Waals surface area contributed by atoms with Crippen LogP contribution in [0.15, 0.2) is 65.9 Å². The quantitative estimate of drug-likeness (QED) is 0.154. The maximum Gasteiger partial charge on any atom is 0.416 e. The Morgan fingerprint density at radius 3 is 2.18 bits per heavy atom. The van der Waals surface area contributed by atoms with Crippen LogP contribution in [-0.4, -0.2) is 46.3 Å². The van der Waals surface area contributed by atoms with Crippen molar-refractivity contribution in [1.82, 2.24) is 4.98 Å². The van der Waals surface area contributed by atoms with Gasteiger partial charge in [0.2, 0.25) is 11.8 Å². The number of benzene rings is 2. The van der Waals surface area contributed by atoms with E-state index in [1.165, 1.54) is 0 Å². The summed E-state index contributed by atoms with van der Waals surface area (Å²) in [5.74, 6) is -4.49. The third-order valence-electron chi connectivity index (χ3n) is 9.55. The second kappa shape index (κ2) is 12.8. The number of phenolic OH excluding ortho intramolecular Hbond substituents is 1. The van der Waals surface area contributed by atoms with Gasteiger partial charge in [-0.2, -0.15) is 26.3 Å². The number of aliphatic hydroxyl groups is 1. The summed E-state index contributed by atoms with van der Waals surface area (Å²) < 4.78 is 87.8. The monoisotopic (exact) mass is 686 g/mol. The number of hydrogen-bond donors (Lipinski definition) is 2. The number of aromatic hydroxyl groups is 1. The van der Waals surface area contributed by atoms with Crippen molar-refractivity contribution in [3.8, 4) is 5.75 Å². The predicted octanol–water partition coefficient (Wildman–Crippen LogP) is 7.28. The number of pyridine rings is 1. The highest BCUT2D eigenvalue weighted by molar-refractivity contribution is 6.22. The van der Waals surface area contributed by atoms with E-state index in [2.05, 4.69) is 4.98 Å². The smallest absolute Gasteiger partial charge is 0.416 e. The van der Waals surface area contributed by atoms with Crippen molar-refractivity contribution in [3.63, 3.8) is 0 Å². The number of nitrogens with zero attached hydrogens (tertiary/aromatic N) is 2. The predicted molar refractivity (Wildman–Crippen MR) is 167 cm³/mol. The molecule has 1 aliphatic carbocycles. The van der Waals surface area contributed by atoms with Crippen LogP contribution in [0.4, 0.5) is 32.0 Å². The van der Waals surface area contributed by atoms with Gasteiger partial charge in [-0.1, -0.05) is 6.07 Å². The number of aromatic nitrogens is 1. The number of hydrogen-bond acceptors (Lipinski definition) is 6. The highest BCUT2D eigenvalue weighted by atomic mass is 19.4. The van der Waals surface area contributed by atoms with Crippen LogP contribution in [-0.2, 0) is 26.7 Å². The van der Waals surface area contributed by atoms with Crippen LogP contribution in [0.25, 0.3) is 11.6 Å². The number of halogens is 6. The van der Waals surface area contributed by atoms with Gasteiger partial charge in [-0.3, -0.25) is 14.6 Å². The summed E-state index contributed by atoms with van der Waals surface area (Å²) in [5.41, 5.74) is 0.801. The Morgan fingerprint density at radius 1 is 0.959 bits per heavy atom. The SMILES string of the molecule is Cc1cc(/C=C(/CC[C@H]2OC[C@H]3C2=C(CO)C[C@H]2C(=O)N(c4cc(C(F)(F)F)cc(C(F)(F)F)c4)C(=O)[C@H]23)c2ccccn2)cc(C)c1O. The third-order valence-corrected chi connectivity index (χ3v) is 9.55. The van der Waals surface area contributed by atoms with Crippen molar-refractivity contribution >= 4 is 29.2 Å². The van der Waals surface area contributed by atoms with E-state index < -0.39 is 71.4 Å². The minimum atomic E-state index is -5.16. The Bertz CT molecular complexity index is 1810. The second-order valence-electron chi connectivity index (χ2n) is 12.7. The van der Waals surface area contributed by atoms with E-state index in [0.29, 0.717) is 57.8 Å². The number of carbonyl (C=O) groups is 2. The number of rotatable bonds is 7. The van der Waals surface area contributed by atoms with Gasteiger partial charge in [0.15, 0.2) is 0 Å². The Balaban J connectivity index is 1.30. The zero-order chi connectivity index (χ0) is 35.4. The number of ether oxygens (including phenoxy) is 1. The van der Waals surface area contributed by atoms with Crippen molar-refractivity contribution in [2.75, 3.05) is 18.1 Å². The van der Waals surface area contributed by atoms with Gasteiger partial charge in [0.1, 0.15) is 5.75 Å². The van der Waals surface area contributed by atoms with E-state index >= 15 is 0 Å². The van der Waals surface area contributed by atoms with Crippen LogP contribution in [0.2, 0.25) is 0 Å². The number of allylic oxidation sites excluding steroid dienone is 1. The van der Waals surface area contributed by atoms with E-state index in [1.54, 1.807) is 26.1 Å². The lowest BCUT2D eigenvalue weighted by atomic mass is 9.69. The summed E-state index contributed by atoms with van der Waals surface area (Å²) in [6.07, 6.45) is -6.56. The number of anilines is 1. The molecule has 0 radical (unpaired) electrons. The summed E-state index contributed by atoms with van der Waals surface area (Å²) in [6, 6.07) is 9.86. The molecule has 49 heavy (non-hydrogen) atoms. The van der Waals surface area contributed by atoms with Gasteiger partial charge in [0.25, 0.3) is 0 Å². The molecule has 258 valence electrons. The first-order chi connectivity index (χ1) is 23.1. The molecule has 2 amide bonds. The average molecular weight is 687 g/mol. The fourth-order valence-corrected chi connectivity index (χ4v) is 7.33. The first-order valence-corrected chi connectivity index (χ1v) is 15.6. The standard InChI is InChI=1S/C36H32F6N2O5/c1-18-9-20(10-19(2)32(18)46)11-21(28-5-3-4-8-43-28)6-7-29-30-22(16-45)12-26-31(27(30)17-49-29)34(48)44(33(26)47)25-14-23(35(37,38)39)13-24(15-25)36(40,41)42/h3-5,8-11,13-15,26-27,29,31,45-46H,6-7,12,16-17H2,1-2H3/b21-11-/t26-,27+,29-,31-/m1/s1. The van der Waals surface area contributed by atoms with Gasteiger partial charge >= 0.3 is 12.4 Å². The molecule has 4 atom stereocenters. The van der Waals surface area contributed by atoms with Crippen molar-refractivity contribution in [1.29, 1.82) is 0 Å².